The molecule has 1 unspecified atom stereocenters. The summed E-state index contributed by atoms with van der Waals surface area (Å²) in [7, 11) is 0. The van der Waals surface area contributed by atoms with Gasteiger partial charge in [-0.2, -0.15) is 0 Å². The summed E-state index contributed by atoms with van der Waals surface area (Å²) < 4.78 is 30.8. The largest absolute Gasteiger partial charge is 0.491 e. The molecule has 0 aromatic heterocycles. The lowest BCUT2D eigenvalue weighted by Gasteiger charge is -2.15. The minimum atomic E-state index is -0.737. The Morgan fingerprint density at radius 1 is 1.41 bits per heavy atom. The molecule has 1 rings (SSSR count). The average molecular weight is 244 g/mol. The third-order valence-corrected chi connectivity index (χ3v) is 2.05. The number of hydrogen-bond acceptors (Lipinski definition) is 3. The van der Waals surface area contributed by atoms with Crippen LogP contribution >= 0.6 is 0 Å². The fourth-order valence-corrected chi connectivity index (χ4v) is 1.28. The molecule has 0 spiro atoms. The van der Waals surface area contributed by atoms with E-state index in [0.717, 1.165) is 18.2 Å². The van der Waals surface area contributed by atoms with Crippen LogP contribution in [0.5, 0.6) is 5.75 Å². The molecule has 4 nitrogen and oxygen atoms in total. The molecule has 1 amide bonds. The summed E-state index contributed by atoms with van der Waals surface area (Å²) in [4.78, 5) is 11.0. The van der Waals surface area contributed by atoms with Gasteiger partial charge in [-0.25, -0.2) is 8.78 Å². The molecule has 0 heterocycles. The number of likely N-dealkylation sites (N-methyl/N-ethyl adjacent to an activating group) is 1. The predicted molar refractivity (Wildman–Crippen MR) is 58.5 cm³/mol. The highest BCUT2D eigenvalue weighted by Crippen LogP contribution is 2.15. The standard InChI is InChI=1S/C11H14F2N2O2/c1-2-15-10(11(14)16)6-17-9-4-7(12)3-8(13)5-9/h3-5,10,15H,2,6H2,1H3,(H2,14,16). The molecular formula is C11H14F2N2O2. The molecule has 0 bridgehead atoms. The summed E-state index contributed by atoms with van der Waals surface area (Å²) in [6.07, 6.45) is 0. The van der Waals surface area contributed by atoms with Crippen molar-refractivity contribution in [3.8, 4) is 5.75 Å². The summed E-state index contributed by atoms with van der Waals surface area (Å²) in [5.74, 6) is -2.03. The molecule has 0 radical (unpaired) electrons. The molecule has 0 aliphatic carbocycles. The second-order valence-electron chi connectivity index (χ2n) is 3.43. The fraction of sp³-hybridized carbons (Fsp3) is 0.364. The van der Waals surface area contributed by atoms with Crippen molar-refractivity contribution in [3.63, 3.8) is 0 Å². The van der Waals surface area contributed by atoms with Crippen molar-refractivity contribution in [2.45, 2.75) is 13.0 Å². The number of primary amides is 1. The number of carbonyl (C=O) groups excluding carboxylic acids is 1. The zero-order valence-electron chi connectivity index (χ0n) is 9.37. The van der Waals surface area contributed by atoms with Crippen LogP contribution in [0.15, 0.2) is 18.2 Å². The van der Waals surface area contributed by atoms with E-state index in [-0.39, 0.29) is 12.4 Å². The van der Waals surface area contributed by atoms with Crippen LogP contribution in [0.2, 0.25) is 0 Å². The van der Waals surface area contributed by atoms with Gasteiger partial charge in [-0.15, -0.1) is 0 Å². The number of benzene rings is 1. The van der Waals surface area contributed by atoms with Gasteiger partial charge >= 0.3 is 0 Å². The van der Waals surface area contributed by atoms with Crippen LogP contribution < -0.4 is 15.8 Å². The third kappa shape index (κ3) is 4.36. The van der Waals surface area contributed by atoms with Gasteiger partial charge in [0.25, 0.3) is 0 Å². The second-order valence-corrected chi connectivity index (χ2v) is 3.43. The highest BCUT2D eigenvalue weighted by molar-refractivity contribution is 5.80. The van der Waals surface area contributed by atoms with Gasteiger partial charge in [-0.3, -0.25) is 4.79 Å². The highest BCUT2D eigenvalue weighted by atomic mass is 19.1. The summed E-state index contributed by atoms with van der Waals surface area (Å²) in [6, 6.07) is 2.12. The van der Waals surface area contributed by atoms with Crippen molar-refractivity contribution in [1.29, 1.82) is 0 Å². The van der Waals surface area contributed by atoms with Crippen LogP contribution in [-0.4, -0.2) is 25.1 Å². The number of nitrogens with two attached hydrogens (primary N) is 1. The Morgan fingerprint density at radius 2 is 2.00 bits per heavy atom. The number of rotatable bonds is 6. The van der Waals surface area contributed by atoms with Crippen LogP contribution in [0, 0.1) is 11.6 Å². The molecule has 94 valence electrons. The van der Waals surface area contributed by atoms with Crippen LogP contribution in [0.1, 0.15) is 6.92 Å². The van der Waals surface area contributed by atoms with E-state index in [1.807, 2.05) is 0 Å². The number of carbonyl (C=O) groups is 1. The minimum Gasteiger partial charge on any atom is -0.491 e. The van der Waals surface area contributed by atoms with Crippen LogP contribution in [0.25, 0.3) is 0 Å². The zero-order valence-corrected chi connectivity index (χ0v) is 9.37. The smallest absolute Gasteiger partial charge is 0.238 e. The van der Waals surface area contributed by atoms with Crippen LogP contribution in [-0.2, 0) is 4.79 Å². The van der Waals surface area contributed by atoms with E-state index in [0.29, 0.717) is 6.54 Å². The lowest BCUT2D eigenvalue weighted by molar-refractivity contribution is -0.120. The van der Waals surface area contributed by atoms with Crippen LogP contribution in [0.4, 0.5) is 8.78 Å². The van der Waals surface area contributed by atoms with Gasteiger partial charge in [0, 0.05) is 18.2 Å². The monoisotopic (exact) mass is 244 g/mol. The first-order valence-electron chi connectivity index (χ1n) is 5.14. The number of nitrogens with one attached hydrogen (secondary N) is 1. The third-order valence-electron chi connectivity index (χ3n) is 2.05. The second kappa shape index (κ2) is 6.15. The Morgan fingerprint density at radius 3 is 2.47 bits per heavy atom. The molecule has 0 aliphatic heterocycles. The Balaban J connectivity index is 2.61. The van der Waals surface area contributed by atoms with E-state index in [9.17, 15) is 13.6 Å². The predicted octanol–water partition coefficient (Wildman–Crippen LogP) is 0.807. The Kier molecular flexibility index (Phi) is 4.84. The van der Waals surface area contributed by atoms with Gasteiger partial charge in [0.15, 0.2) is 0 Å². The van der Waals surface area contributed by atoms with E-state index in [4.69, 9.17) is 10.5 Å². The molecule has 0 saturated carbocycles. The van der Waals surface area contributed by atoms with Crippen molar-refractivity contribution >= 4 is 5.91 Å². The van der Waals surface area contributed by atoms with E-state index in [1.54, 1.807) is 6.92 Å². The summed E-state index contributed by atoms with van der Waals surface area (Å²) in [5.41, 5.74) is 5.12. The van der Waals surface area contributed by atoms with E-state index in [2.05, 4.69) is 5.32 Å². The van der Waals surface area contributed by atoms with Crippen molar-refractivity contribution < 1.29 is 18.3 Å². The SMILES string of the molecule is CCNC(COc1cc(F)cc(F)c1)C(N)=O. The fourth-order valence-electron chi connectivity index (χ4n) is 1.28. The summed E-state index contributed by atoms with van der Waals surface area (Å²) >= 11 is 0. The summed E-state index contributed by atoms with van der Waals surface area (Å²) in [6.45, 7) is 2.26. The Hall–Kier alpha value is -1.69. The maximum absolute atomic E-state index is 12.8. The normalized spacial score (nSPS) is 12.2. The van der Waals surface area contributed by atoms with E-state index >= 15 is 0 Å². The molecule has 6 heteroatoms. The number of amides is 1. The molecule has 1 aromatic carbocycles. The van der Waals surface area contributed by atoms with Gasteiger partial charge in [0.1, 0.15) is 30.0 Å². The molecule has 0 aliphatic rings. The zero-order chi connectivity index (χ0) is 12.8. The molecule has 0 fully saturated rings. The molecular weight excluding hydrogens is 230 g/mol. The van der Waals surface area contributed by atoms with Crippen molar-refractivity contribution in [2.24, 2.45) is 5.73 Å². The number of ether oxygens (including phenoxy) is 1. The van der Waals surface area contributed by atoms with Gasteiger partial charge in [-0.05, 0) is 6.54 Å². The highest BCUT2D eigenvalue weighted by Gasteiger charge is 2.14. The Labute approximate surface area is 97.8 Å². The van der Waals surface area contributed by atoms with Gasteiger partial charge in [0.2, 0.25) is 5.91 Å². The van der Waals surface area contributed by atoms with Gasteiger partial charge in [-0.1, -0.05) is 6.92 Å². The van der Waals surface area contributed by atoms with Gasteiger partial charge in [0.05, 0.1) is 0 Å². The lowest BCUT2D eigenvalue weighted by Crippen LogP contribution is -2.45. The maximum atomic E-state index is 12.8. The van der Waals surface area contributed by atoms with E-state index < -0.39 is 23.6 Å². The first-order chi connectivity index (χ1) is 8.02. The Bertz CT molecular complexity index is 379. The maximum Gasteiger partial charge on any atom is 0.238 e. The first-order valence-corrected chi connectivity index (χ1v) is 5.14. The van der Waals surface area contributed by atoms with Crippen molar-refractivity contribution in [3.05, 3.63) is 29.8 Å². The first kappa shape index (κ1) is 13.4. The molecule has 1 atom stereocenters. The van der Waals surface area contributed by atoms with Gasteiger partial charge < -0.3 is 15.8 Å². The van der Waals surface area contributed by atoms with Crippen LogP contribution in [0.3, 0.4) is 0 Å². The van der Waals surface area contributed by atoms with Crippen molar-refractivity contribution in [2.75, 3.05) is 13.2 Å². The topological polar surface area (TPSA) is 64.3 Å². The number of halogens is 2. The molecule has 17 heavy (non-hydrogen) atoms. The van der Waals surface area contributed by atoms with Crippen molar-refractivity contribution in [1.82, 2.24) is 5.32 Å². The molecule has 1 aromatic rings. The molecule has 0 saturated heterocycles. The lowest BCUT2D eigenvalue weighted by atomic mass is 10.3. The quantitative estimate of drug-likeness (QED) is 0.778. The average Bonchev–Trinajstić information content (AvgIpc) is 2.22. The minimum absolute atomic E-state index is 0.0200. The molecule has 3 N–H and O–H groups in total. The number of hydrogen-bond donors (Lipinski definition) is 2. The summed E-state index contributed by atoms with van der Waals surface area (Å²) in [5, 5.41) is 2.79. The van der Waals surface area contributed by atoms with E-state index in [1.165, 1.54) is 0 Å².